The van der Waals surface area contributed by atoms with Crippen LogP contribution in [-0.4, -0.2) is 47.1 Å². The molecule has 170 valence electrons. The molecule has 9 heteroatoms. The lowest BCUT2D eigenvalue weighted by Gasteiger charge is -2.33. The topological polar surface area (TPSA) is 70.6 Å². The summed E-state index contributed by atoms with van der Waals surface area (Å²) in [4.78, 5) is 25.6. The summed E-state index contributed by atoms with van der Waals surface area (Å²) in [5, 5.41) is 2.77. The van der Waals surface area contributed by atoms with E-state index in [2.05, 4.69) is 28.7 Å². The Kier molecular flexibility index (Phi) is 6.53. The van der Waals surface area contributed by atoms with Gasteiger partial charge in [0.05, 0.1) is 17.8 Å². The van der Waals surface area contributed by atoms with Crippen LogP contribution >= 0.6 is 0 Å². The molecule has 0 unspecified atom stereocenters. The third-order valence-electron chi connectivity index (χ3n) is 5.87. The third kappa shape index (κ3) is 4.81. The molecule has 1 aromatic carbocycles. The van der Waals surface area contributed by atoms with E-state index in [0.717, 1.165) is 43.8 Å². The Balaban J connectivity index is 1.66. The summed E-state index contributed by atoms with van der Waals surface area (Å²) in [5.41, 5.74) is 1.47. The molecule has 1 aromatic heterocycles. The van der Waals surface area contributed by atoms with Gasteiger partial charge in [-0.2, -0.15) is 4.98 Å². The molecule has 2 amide bonds. The van der Waals surface area contributed by atoms with Crippen molar-refractivity contribution in [2.24, 2.45) is 5.92 Å². The first-order chi connectivity index (χ1) is 15.4. The summed E-state index contributed by atoms with van der Waals surface area (Å²) in [6, 6.07) is 3.14. The minimum absolute atomic E-state index is 0.135. The zero-order valence-corrected chi connectivity index (χ0v) is 18.1. The van der Waals surface area contributed by atoms with Crippen LogP contribution in [0.5, 0.6) is 11.6 Å². The molecule has 0 bridgehead atoms. The van der Waals surface area contributed by atoms with E-state index in [1.54, 1.807) is 11.0 Å². The van der Waals surface area contributed by atoms with Crippen LogP contribution in [0.15, 0.2) is 30.9 Å². The maximum absolute atomic E-state index is 13.7. The Morgan fingerprint density at radius 3 is 2.75 bits per heavy atom. The highest BCUT2D eigenvalue weighted by Crippen LogP contribution is 2.33. The number of urea groups is 1. The molecular formula is C23H27F2N5O2. The number of aromatic nitrogens is 2. The van der Waals surface area contributed by atoms with Crippen LogP contribution in [-0.2, 0) is 13.0 Å². The van der Waals surface area contributed by atoms with Crippen molar-refractivity contribution in [3.63, 3.8) is 0 Å². The van der Waals surface area contributed by atoms with Crippen molar-refractivity contribution in [2.75, 3.05) is 31.1 Å². The van der Waals surface area contributed by atoms with Crippen molar-refractivity contribution in [1.82, 2.24) is 20.2 Å². The molecule has 2 aromatic rings. The smallest absolute Gasteiger partial charge is 0.317 e. The number of carbonyl (C=O) groups is 1. The molecule has 2 aliphatic heterocycles. The zero-order valence-electron chi connectivity index (χ0n) is 18.1. The average molecular weight is 443 g/mol. The van der Waals surface area contributed by atoms with Gasteiger partial charge in [0, 0.05) is 38.7 Å². The van der Waals surface area contributed by atoms with Gasteiger partial charge >= 0.3 is 6.03 Å². The van der Waals surface area contributed by atoms with Gasteiger partial charge < -0.3 is 19.9 Å². The van der Waals surface area contributed by atoms with Crippen molar-refractivity contribution in [3.8, 4) is 11.6 Å². The van der Waals surface area contributed by atoms with Crippen LogP contribution in [0.2, 0.25) is 0 Å². The van der Waals surface area contributed by atoms with Crippen LogP contribution in [0.1, 0.15) is 31.0 Å². The second kappa shape index (κ2) is 9.50. The number of hydrogen-bond acceptors (Lipinski definition) is 5. The molecule has 2 aliphatic rings. The summed E-state index contributed by atoms with van der Waals surface area (Å²) in [6.07, 6.45) is 4.27. The van der Waals surface area contributed by atoms with E-state index >= 15 is 0 Å². The third-order valence-corrected chi connectivity index (χ3v) is 5.87. The highest BCUT2D eigenvalue weighted by molar-refractivity contribution is 5.74. The zero-order chi connectivity index (χ0) is 22.7. The number of carbonyl (C=O) groups excluding carboxylic acids is 1. The van der Waals surface area contributed by atoms with Crippen molar-refractivity contribution in [2.45, 2.75) is 32.7 Å². The number of nitrogens with one attached hydrogen (secondary N) is 1. The first kappa shape index (κ1) is 22.0. The molecular weight excluding hydrogens is 416 g/mol. The van der Waals surface area contributed by atoms with Gasteiger partial charge in [-0.15, -0.1) is 6.58 Å². The highest BCUT2D eigenvalue weighted by atomic mass is 19.2. The van der Waals surface area contributed by atoms with Crippen LogP contribution < -0.4 is 15.0 Å². The second-order valence-electron chi connectivity index (χ2n) is 8.25. The number of rotatable bonds is 5. The van der Waals surface area contributed by atoms with Crippen LogP contribution in [0, 0.1) is 17.6 Å². The standard InChI is InChI=1S/C23H27F2N5O2/c1-3-9-26-23(31)30-12-8-20-17(14-30)21(32-16-4-5-18(24)19(25)13-16)28-22(27-20)29-10-6-15(2)7-11-29/h3-5,13,15H,1,6-12,14H2,2H3,(H,26,31). The minimum atomic E-state index is -0.999. The van der Waals surface area contributed by atoms with Crippen LogP contribution in [0.3, 0.4) is 0 Å². The van der Waals surface area contributed by atoms with E-state index in [-0.39, 0.29) is 24.2 Å². The molecule has 0 spiro atoms. The predicted octanol–water partition coefficient (Wildman–Crippen LogP) is 4.04. The van der Waals surface area contributed by atoms with Crippen molar-refractivity contribution in [1.29, 1.82) is 0 Å². The molecule has 4 rings (SSSR count). The number of amides is 2. The second-order valence-corrected chi connectivity index (χ2v) is 8.25. The lowest BCUT2D eigenvalue weighted by molar-refractivity contribution is 0.192. The minimum Gasteiger partial charge on any atom is -0.438 e. The van der Waals surface area contributed by atoms with Gasteiger partial charge in [0.1, 0.15) is 5.75 Å². The van der Waals surface area contributed by atoms with E-state index < -0.39 is 11.6 Å². The largest absolute Gasteiger partial charge is 0.438 e. The Morgan fingerprint density at radius 1 is 1.25 bits per heavy atom. The first-order valence-corrected chi connectivity index (χ1v) is 10.9. The average Bonchev–Trinajstić information content (AvgIpc) is 2.80. The van der Waals surface area contributed by atoms with Gasteiger partial charge in [0.2, 0.25) is 11.8 Å². The summed E-state index contributed by atoms with van der Waals surface area (Å²) in [7, 11) is 0. The maximum atomic E-state index is 13.7. The normalized spacial score (nSPS) is 16.5. The number of ether oxygens (including phenoxy) is 1. The number of halogens is 2. The first-order valence-electron chi connectivity index (χ1n) is 10.9. The number of piperidine rings is 1. The van der Waals surface area contributed by atoms with Crippen molar-refractivity contribution >= 4 is 12.0 Å². The van der Waals surface area contributed by atoms with E-state index in [1.165, 1.54) is 6.07 Å². The van der Waals surface area contributed by atoms with Gasteiger partial charge in [-0.25, -0.2) is 18.6 Å². The number of hydrogen-bond donors (Lipinski definition) is 1. The summed E-state index contributed by atoms with van der Waals surface area (Å²) >= 11 is 0. The Hall–Kier alpha value is -3.23. The van der Waals surface area contributed by atoms with Crippen LogP contribution in [0.25, 0.3) is 0 Å². The van der Waals surface area contributed by atoms with E-state index in [0.29, 0.717) is 36.9 Å². The Labute approximate surface area is 186 Å². The molecule has 1 N–H and O–H groups in total. The summed E-state index contributed by atoms with van der Waals surface area (Å²) in [6.45, 7) is 8.67. The highest BCUT2D eigenvalue weighted by Gasteiger charge is 2.28. The van der Waals surface area contributed by atoms with Crippen molar-refractivity contribution in [3.05, 3.63) is 53.7 Å². The number of fused-ring (bicyclic) bond motifs is 1. The lowest BCUT2D eigenvalue weighted by Crippen LogP contribution is -2.43. The SMILES string of the molecule is C=CCNC(=O)N1CCc2nc(N3CCC(C)CC3)nc(Oc3ccc(F)c(F)c3)c2C1. The summed E-state index contributed by atoms with van der Waals surface area (Å²) < 4.78 is 33.0. The Bertz CT molecular complexity index is 1010. The molecule has 0 atom stereocenters. The monoisotopic (exact) mass is 443 g/mol. The van der Waals surface area contributed by atoms with E-state index in [1.807, 2.05) is 0 Å². The van der Waals surface area contributed by atoms with Gasteiger partial charge in [-0.1, -0.05) is 13.0 Å². The van der Waals surface area contributed by atoms with E-state index in [9.17, 15) is 13.6 Å². The van der Waals surface area contributed by atoms with Gasteiger partial charge in [0.25, 0.3) is 0 Å². The molecule has 32 heavy (non-hydrogen) atoms. The number of nitrogens with zero attached hydrogens (tertiary/aromatic N) is 4. The van der Waals surface area contributed by atoms with Crippen molar-refractivity contribution < 1.29 is 18.3 Å². The molecule has 0 saturated carbocycles. The summed E-state index contributed by atoms with van der Waals surface area (Å²) in [5.74, 6) is -0.328. The van der Waals surface area contributed by atoms with Gasteiger partial charge in [-0.05, 0) is 30.9 Å². The lowest BCUT2D eigenvalue weighted by atomic mass is 9.99. The number of anilines is 1. The fourth-order valence-corrected chi connectivity index (χ4v) is 3.90. The molecule has 1 saturated heterocycles. The van der Waals surface area contributed by atoms with Gasteiger partial charge in [0.15, 0.2) is 11.6 Å². The molecule has 7 nitrogen and oxygen atoms in total. The quantitative estimate of drug-likeness (QED) is 0.707. The van der Waals surface area contributed by atoms with Gasteiger partial charge in [-0.3, -0.25) is 0 Å². The van der Waals surface area contributed by atoms with E-state index in [4.69, 9.17) is 9.72 Å². The molecule has 0 radical (unpaired) electrons. The molecule has 3 heterocycles. The maximum Gasteiger partial charge on any atom is 0.317 e. The fourth-order valence-electron chi connectivity index (χ4n) is 3.90. The number of benzene rings is 1. The molecule has 1 fully saturated rings. The van der Waals surface area contributed by atoms with Crippen LogP contribution in [0.4, 0.5) is 19.5 Å². The molecule has 0 aliphatic carbocycles. The Morgan fingerprint density at radius 2 is 2.03 bits per heavy atom. The fraction of sp³-hybridized carbons (Fsp3) is 0.435. The predicted molar refractivity (Wildman–Crippen MR) is 117 cm³/mol.